The van der Waals surface area contributed by atoms with Crippen LogP contribution in [0.2, 0.25) is 0 Å². The first-order valence-electron chi connectivity index (χ1n) is 9.16. The van der Waals surface area contributed by atoms with E-state index in [-0.39, 0.29) is 19.6 Å². The molecular weight excluding hydrogens is 585 g/mol. The van der Waals surface area contributed by atoms with Crippen LogP contribution in [0.5, 0.6) is 0 Å². The molecule has 0 amide bonds. The molecule has 32 heavy (non-hydrogen) atoms. The van der Waals surface area contributed by atoms with Crippen LogP contribution in [0.1, 0.15) is 46.0 Å². The van der Waals surface area contributed by atoms with E-state index in [4.69, 9.17) is 0 Å². The van der Waals surface area contributed by atoms with Gasteiger partial charge in [-0.05, 0) is 37.5 Å². The van der Waals surface area contributed by atoms with E-state index in [1.807, 2.05) is 0 Å². The Labute approximate surface area is 191 Å². The van der Waals surface area contributed by atoms with Crippen LogP contribution in [0.3, 0.4) is 0 Å². The summed E-state index contributed by atoms with van der Waals surface area (Å²) in [5, 5.41) is 0. The van der Waals surface area contributed by atoms with Crippen LogP contribution in [-0.4, -0.2) is 53.8 Å². The summed E-state index contributed by atoms with van der Waals surface area (Å²) in [4.78, 5) is 23.0. The summed E-state index contributed by atoms with van der Waals surface area (Å²) < 4.78 is 129. The molecule has 0 aromatic heterocycles. The molecule has 0 saturated carbocycles. The Hall–Kier alpha value is -1.03. The van der Waals surface area contributed by atoms with E-state index in [2.05, 4.69) is 9.47 Å². The molecule has 0 aliphatic rings. The fourth-order valence-corrected chi connectivity index (χ4v) is 2.30. The SMILES string of the molecule is CCOC(=O)C(CCCC(F)(F)C(F)(F)F)C(=O)OCC.FC(F)(F)C(F)(F)CCCI. The smallest absolute Gasteiger partial charge is 0.453 e. The molecule has 0 radical (unpaired) electrons. The van der Waals surface area contributed by atoms with E-state index < -0.39 is 67.7 Å². The second kappa shape index (κ2) is 14.3. The molecule has 0 spiro atoms. The van der Waals surface area contributed by atoms with Crippen molar-refractivity contribution >= 4 is 34.5 Å². The summed E-state index contributed by atoms with van der Waals surface area (Å²) in [5.74, 6) is -12.9. The van der Waals surface area contributed by atoms with Crippen LogP contribution in [0, 0.1) is 5.92 Å². The predicted molar refractivity (Wildman–Crippen MR) is 101 cm³/mol. The van der Waals surface area contributed by atoms with E-state index in [0.29, 0.717) is 4.43 Å². The van der Waals surface area contributed by atoms with Crippen LogP contribution in [0.15, 0.2) is 0 Å². The lowest BCUT2D eigenvalue weighted by molar-refractivity contribution is -0.284. The van der Waals surface area contributed by atoms with Crippen molar-refractivity contribution in [2.24, 2.45) is 5.92 Å². The number of carbonyl (C=O) groups excluding carboxylic acids is 2. The summed E-state index contributed by atoms with van der Waals surface area (Å²) in [6.45, 7) is 2.84. The quantitative estimate of drug-likeness (QED) is 0.0885. The number of halogens is 11. The van der Waals surface area contributed by atoms with Gasteiger partial charge < -0.3 is 9.47 Å². The zero-order valence-corrected chi connectivity index (χ0v) is 19.2. The first-order valence-corrected chi connectivity index (χ1v) is 10.7. The summed E-state index contributed by atoms with van der Waals surface area (Å²) in [6, 6.07) is 0. The Morgan fingerprint density at radius 3 is 1.34 bits per heavy atom. The third-order valence-corrected chi connectivity index (χ3v) is 4.34. The zero-order valence-electron chi connectivity index (χ0n) is 17.0. The maximum atomic E-state index is 12.7. The zero-order chi connectivity index (χ0) is 25.8. The third kappa shape index (κ3) is 12.3. The van der Waals surface area contributed by atoms with Crippen molar-refractivity contribution in [1.82, 2.24) is 0 Å². The molecule has 0 rings (SSSR count). The molecule has 0 saturated heterocycles. The van der Waals surface area contributed by atoms with Gasteiger partial charge in [-0.1, -0.05) is 22.6 Å². The van der Waals surface area contributed by atoms with Gasteiger partial charge in [0.2, 0.25) is 0 Å². The van der Waals surface area contributed by atoms with Gasteiger partial charge in [-0.2, -0.15) is 43.9 Å². The first kappa shape index (κ1) is 33.1. The maximum absolute atomic E-state index is 12.7. The van der Waals surface area contributed by atoms with Crippen LogP contribution in [0.4, 0.5) is 43.9 Å². The van der Waals surface area contributed by atoms with Crippen molar-refractivity contribution in [3.63, 3.8) is 0 Å². The van der Waals surface area contributed by atoms with E-state index in [9.17, 15) is 53.5 Å². The second-order valence-electron chi connectivity index (χ2n) is 6.15. The van der Waals surface area contributed by atoms with E-state index in [1.54, 1.807) is 22.6 Å². The monoisotopic (exact) mass is 608 g/mol. The molecule has 0 aromatic carbocycles. The number of hydrogen-bond acceptors (Lipinski definition) is 4. The minimum atomic E-state index is -5.66. The normalized spacial score (nSPS) is 12.8. The fourth-order valence-electron chi connectivity index (χ4n) is 1.92. The van der Waals surface area contributed by atoms with Gasteiger partial charge in [-0.3, -0.25) is 9.59 Å². The van der Waals surface area contributed by atoms with E-state index in [0.717, 1.165) is 0 Å². The molecule has 0 unspecified atom stereocenters. The van der Waals surface area contributed by atoms with Crippen LogP contribution in [0.25, 0.3) is 0 Å². The number of carbonyl (C=O) groups is 2. The molecule has 0 atom stereocenters. The average Bonchev–Trinajstić information content (AvgIpc) is 2.62. The lowest BCUT2D eigenvalue weighted by atomic mass is 10.00. The Balaban J connectivity index is 0. The molecule has 0 fully saturated rings. The maximum Gasteiger partial charge on any atom is 0.453 e. The Morgan fingerprint density at radius 2 is 1.06 bits per heavy atom. The highest BCUT2D eigenvalue weighted by molar-refractivity contribution is 14.1. The average molecular weight is 608 g/mol. The number of ether oxygens (including phenoxy) is 2. The molecule has 0 heterocycles. The summed E-state index contributed by atoms with van der Waals surface area (Å²) in [7, 11) is 0. The minimum absolute atomic E-state index is 0.0482. The second-order valence-corrected chi connectivity index (χ2v) is 7.22. The molecule has 0 bridgehead atoms. The molecule has 0 aromatic rings. The van der Waals surface area contributed by atoms with Gasteiger partial charge in [0.15, 0.2) is 5.92 Å². The van der Waals surface area contributed by atoms with Crippen molar-refractivity contribution < 1.29 is 63.0 Å². The number of rotatable bonds is 11. The molecule has 192 valence electrons. The van der Waals surface area contributed by atoms with Crippen molar-refractivity contribution in [3.8, 4) is 0 Å². The summed E-state index contributed by atoms with van der Waals surface area (Å²) in [5.41, 5.74) is 0. The number of alkyl halides is 11. The van der Waals surface area contributed by atoms with Crippen molar-refractivity contribution in [1.29, 1.82) is 0 Å². The van der Waals surface area contributed by atoms with Gasteiger partial charge in [-0.25, -0.2) is 0 Å². The van der Waals surface area contributed by atoms with Crippen molar-refractivity contribution in [3.05, 3.63) is 0 Å². The van der Waals surface area contributed by atoms with Crippen LogP contribution in [-0.2, 0) is 19.1 Å². The Bertz CT molecular complexity index is 547. The molecule has 0 aliphatic heterocycles. The highest BCUT2D eigenvalue weighted by Gasteiger charge is 2.57. The molecule has 0 aliphatic carbocycles. The van der Waals surface area contributed by atoms with Gasteiger partial charge in [-0.15, -0.1) is 0 Å². The Morgan fingerprint density at radius 1 is 0.719 bits per heavy atom. The summed E-state index contributed by atoms with van der Waals surface area (Å²) in [6.07, 6.45) is -15.0. The number of hydrogen-bond donors (Lipinski definition) is 0. The molecule has 4 nitrogen and oxygen atoms in total. The molecule has 0 N–H and O–H groups in total. The van der Waals surface area contributed by atoms with Gasteiger partial charge >= 0.3 is 36.1 Å². The van der Waals surface area contributed by atoms with Crippen molar-refractivity contribution in [2.45, 2.75) is 70.1 Å². The fraction of sp³-hybridized carbons (Fsp3) is 0.882. The predicted octanol–water partition coefficient (Wildman–Crippen LogP) is 6.50. The third-order valence-electron chi connectivity index (χ3n) is 3.58. The Kier molecular flexibility index (Phi) is 14.8. The van der Waals surface area contributed by atoms with Gasteiger partial charge in [0.25, 0.3) is 0 Å². The lowest BCUT2D eigenvalue weighted by Crippen LogP contribution is -2.36. The standard InChI is InChI=1S/C12H17F5O4.C5H6F5I/c1-3-20-9(18)8(10(19)21-4-2)6-5-7-11(13,14)12(15,16)17;6-4(7,2-1-3-11)5(8,9)10/h8H,3-7H2,1-2H3;1-3H2. The minimum Gasteiger partial charge on any atom is -0.465 e. The van der Waals surface area contributed by atoms with Crippen molar-refractivity contribution in [2.75, 3.05) is 17.6 Å². The lowest BCUT2D eigenvalue weighted by Gasteiger charge is -2.20. The van der Waals surface area contributed by atoms with Crippen LogP contribution < -0.4 is 0 Å². The van der Waals surface area contributed by atoms with E-state index >= 15 is 0 Å². The van der Waals surface area contributed by atoms with E-state index in [1.165, 1.54) is 13.8 Å². The highest BCUT2D eigenvalue weighted by Crippen LogP contribution is 2.40. The molecular formula is C17H23F10IO4. The molecule has 15 heteroatoms. The largest absolute Gasteiger partial charge is 0.465 e. The van der Waals surface area contributed by atoms with Gasteiger partial charge in [0.1, 0.15) is 0 Å². The van der Waals surface area contributed by atoms with Gasteiger partial charge in [0, 0.05) is 12.8 Å². The van der Waals surface area contributed by atoms with Gasteiger partial charge in [0.05, 0.1) is 13.2 Å². The summed E-state index contributed by atoms with van der Waals surface area (Å²) >= 11 is 1.75. The van der Waals surface area contributed by atoms with Crippen LogP contribution >= 0.6 is 22.6 Å². The topological polar surface area (TPSA) is 52.6 Å². The first-order chi connectivity index (χ1) is 14.4. The number of esters is 2. The highest BCUT2D eigenvalue weighted by atomic mass is 127.